The predicted molar refractivity (Wildman–Crippen MR) is 80.4 cm³/mol. The number of fused-ring (bicyclic) bond motifs is 1. The number of aryl methyl sites for hydroxylation is 1. The number of nitrogens with zero attached hydrogens (tertiary/aromatic N) is 1. The van der Waals surface area contributed by atoms with E-state index >= 15 is 0 Å². The largest absolute Gasteiger partial charge is 0.493 e. The zero-order chi connectivity index (χ0) is 13.8. The lowest BCUT2D eigenvalue weighted by Crippen LogP contribution is -2.43. The molecule has 3 rings (SSSR count). The Hall–Kier alpha value is -1.52. The van der Waals surface area contributed by atoms with E-state index in [1.807, 2.05) is 12.1 Å². The van der Waals surface area contributed by atoms with Gasteiger partial charge in [0.15, 0.2) is 11.3 Å². The Bertz CT molecular complexity index is 559. The maximum Gasteiger partial charge on any atom is 0.176 e. The number of hydrogen-bond acceptors (Lipinski definition) is 4. The van der Waals surface area contributed by atoms with Gasteiger partial charge < -0.3 is 19.4 Å². The lowest BCUT2D eigenvalue weighted by atomic mass is 10.2. The molecule has 0 aliphatic carbocycles. The Morgan fingerprint density at radius 1 is 1.30 bits per heavy atom. The average Bonchev–Trinajstić information content (AvgIpc) is 2.91. The summed E-state index contributed by atoms with van der Waals surface area (Å²) in [4.78, 5) is 2.51. The molecular formula is C16H22N2O2. The number of furan rings is 1. The first kappa shape index (κ1) is 13.5. The molecule has 20 heavy (non-hydrogen) atoms. The van der Waals surface area contributed by atoms with Crippen LogP contribution in [0.2, 0.25) is 0 Å². The van der Waals surface area contributed by atoms with Crippen LogP contribution in [0, 0.1) is 0 Å². The molecule has 1 N–H and O–H groups in total. The van der Waals surface area contributed by atoms with Crippen molar-refractivity contribution in [3.8, 4) is 5.75 Å². The van der Waals surface area contributed by atoms with E-state index in [-0.39, 0.29) is 0 Å². The second-order valence-corrected chi connectivity index (χ2v) is 5.29. The molecular weight excluding hydrogens is 252 g/mol. The van der Waals surface area contributed by atoms with Gasteiger partial charge in [-0.15, -0.1) is 0 Å². The number of para-hydroxylation sites is 1. The molecule has 4 nitrogen and oxygen atoms in total. The third-order valence-electron chi connectivity index (χ3n) is 3.89. The molecule has 1 aromatic carbocycles. The topological polar surface area (TPSA) is 37.6 Å². The maximum absolute atomic E-state index is 5.92. The van der Waals surface area contributed by atoms with E-state index in [4.69, 9.17) is 9.15 Å². The molecule has 1 saturated heterocycles. The zero-order valence-electron chi connectivity index (χ0n) is 12.0. The van der Waals surface area contributed by atoms with E-state index in [1.165, 1.54) is 0 Å². The summed E-state index contributed by atoms with van der Waals surface area (Å²) in [7, 11) is 1.68. The number of benzene rings is 1. The maximum atomic E-state index is 5.92. The predicted octanol–water partition coefficient (Wildman–Crippen LogP) is 2.28. The molecule has 4 heteroatoms. The first-order chi connectivity index (χ1) is 9.86. The monoisotopic (exact) mass is 274 g/mol. The molecule has 1 aromatic heterocycles. The molecule has 2 heterocycles. The van der Waals surface area contributed by atoms with Crippen LogP contribution in [0.15, 0.2) is 28.7 Å². The smallest absolute Gasteiger partial charge is 0.176 e. The van der Waals surface area contributed by atoms with Gasteiger partial charge in [0, 0.05) is 38.0 Å². The van der Waals surface area contributed by atoms with Crippen LogP contribution in [0.3, 0.4) is 0 Å². The molecule has 0 atom stereocenters. The molecule has 0 radical (unpaired) electrons. The van der Waals surface area contributed by atoms with Crippen molar-refractivity contribution in [3.63, 3.8) is 0 Å². The number of rotatable bonds is 5. The average molecular weight is 274 g/mol. The number of methoxy groups -OCH3 is 1. The molecule has 2 aromatic rings. The molecule has 1 aliphatic rings. The molecule has 0 saturated carbocycles. The van der Waals surface area contributed by atoms with Gasteiger partial charge in [0.1, 0.15) is 5.76 Å². The highest BCUT2D eigenvalue weighted by atomic mass is 16.5. The Morgan fingerprint density at radius 2 is 2.15 bits per heavy atom. The Kier molecular flexibility index (Phi) is 4.23. The number of ether oxygens (including phenoxy) is 1. The minimum atomic E-state index is 0.816. The Morgan fingerprint density at radius 3 is 2.95 bits per heavy atom. The van der Waals surface area contributed by atoms with Crippen LogP contribution < -0.4 is 10.1 Å². The van der Waals surface area contributed by atoms with E-state index in [0.717, 1.165) is 68.0 Å². The van der Waals surface area contributed by atoms with Crippen molar-refractivity contribution in [2.24, 2.45) is 0 Å². The highest BCUT2D eigenvalue weighted by molar-refractivity contribution is 5.83. The van der Waals surface area contributed by atoms with Crippen LogP contribution in [0.5, 0.6) is 5.75 Å². The van der Waals surface area contributed by atoms with Crippen molar-refractivity contribution in [2.75, 3.05) is 39.8 Å². The van der Waals surface area contributed by atoms with Crippen LogP contribution in [0.1, 0.15) is 12.2 Å². The van der Waals surface area contributed by atoms with Gasteiger partial charge in [0.2, 0.25) is 0 Å². The number of nitrogens with one attached hydrogen (secondary N) is 1. The standard InChI is InChI=1S/C16H22N2O2/c1-19-15-6-2-4-13-12-14(20-16(13)15)5-3-9-18-10-7-17-8-11-18/h2,4,6,12,17H,3,5,7-11H2,1H3. The summed E-state index contributed by atoms with van der Waals surface area (Å²) in [6, 6.07) is 8.15. The minimum absolute atomic E-state index is 0.816. The molecule has 0 spiro atoms. The van der Waals surface area contributed by atoms with Crippen LogP contribution >= 0.6 is 0 Å². The van der Waals surface area contributed by atoms with Crippen molar-refractivity contribution in [1.29, 1.82) is 0 Å². The third-order valence-corrected chi connectivity index (χ3v) is 3.89. The molecule has 1 fully saturated rings. The molecule has 108 valence electrons. The van der Waals surface area contributed by atoms with Crippen LogP contribution in [-0.4, -0.2) is 44.7 Å². The van der Waals surface area contributed by atoms with E-state index in [9.17, 15) is 0 Å². The number of piperazine rings is 1. The molecule has 0 amide bonds. The molecule has 0 unspecified atom stereocenters. The number of hydrogen-bond donors (Lipinski definition) is 1. The van der Waals surface area contributed by atoms with E-state index in [2.05, 4.69) is 22.3 Å². The van der Waals surface area contributed by atoms with Gasteiger partial charge in [-0.3, -0.25) is 0 Å². The van der Waals surface area contributed by atoms with Gasteiger partial charge in [0.05, 0.1) is 7.11 Å². The quantitative estimate of drug-likeness (QED) is 0.907. The zero-order valence-corrected chi connectivity index (χ0v) is 12.0. The second-order valence-electron chi connectivity index (χ2n) is 5.29. The van der Waals surface area contributed by atoms with Crippen molar-refractivity contribution < 1.29 is 9.15 Å². The summed E-state index contributed by atoms with van der Waals surface area (Å²) in [5.41, 5.74) is 0.868. The molecule has 0 bridgehead atoms. The Balaban J connectivity index is 1.60. The fraction of sp³-hybridized carbons (Fsp3) is 0.500. The Labute approximate surface area is 119 Å². The fourth-order valence-corrected chi connectivity index (χ4v) is 2.79. The van der Waals surface area contributed by atoms with E-state index in [1.54, 1.807) is 7.11 Å². The highest BCUT2D eigenvalue weighted by Gasteiger charge is 2.11. The fourth-order valence-electron chi connectivity index (χ4n) is 2.79. The van der Waals surface area contributed by atoms with Crippen molar-refractivity contribution >= 4 is 11.0 Å². The van der Waals surface area contributed by atoms with Crippen LogP contribution in [0.25, 0.3) is 11.0 Å². The third kappa shape index (κ3) is 2.97. The van der Waals surface area contributed by atoms with Crippen LogP contribution in [0.4, 0.5) is 0 Å². The van der Waals surface area contributed by atoms with Gasteiger partial charge in [-0.25, -0.2) is 0 Å². The lowest BCUT2D eigenvalue weighted by molar-refractivity contribution is 0.237. The van der Waals surface area contributed by atoms with Gasteiger partial charge in [0.25, 0.3) is 0 Å². The second kappa shape index (κ2) is 6.29. The van der Waals surface area contributed by atoms with Gasteiger partial charge >= 0.3 is 0 Å². The van der Waals surface area contributed by atoms with E-state index in [0.29, 0.717) is 0 Å². The van der Waals surface area contributed by atoms with Crippen molar-refractivity contribution in [1.82, 2.24) is 10.2 Å². The van der Waals surface area contributed by atoms with Gasteiger partial charge in [-0.2, -0.15) is 0 Å². The van der Waals surface area contributed by atoms with Gasteiger partial charge in [-0.1, -0.05) is 12.1 Å². The van der Waals surface area contributed by atoms with Crippen molar-refractivity contribution in [3.05, 3.63) is 30.0 Å². The summed E-state index contributed by atoms with van der Waals surface area (Å²) >= 11 is 0. The SMILES string of the molecule is COc1cccc2cc(CCCN3CCNCC3)oc12. The summed E-state index contributed by atoms with van der Waals surface area (Å²) in [6.07, 6.45) is 2.13. The first-order valence-corrected chi connectivity index (χ1v) is 7.35. The van der Waals surface area contributed by atoms with Gasteiger partial charge in [-0.05, 0) is 25.1 Å². The molecule has 1 aliphatic heterocycles. The van der Waals surface area contributed by atoms with E-state index < -0.39 is 0 Å². The van der Waals surface area contributed by atoms with Crippen LogP contribution in [-0.2, 0) is 6.42 Å². The summed E-state index contributed by atoms with van der Waals surface area (Å²) in [5, 5.41) is 4.51. The van der Waals surface area contributed by atoms with Crippen molar-refractivity contribution in [2.45, 2.75) is 12.8 Å². The minimum Gasteiger partial charge on any atom is -0.493 e. The summed E-state index contributed by atoms with van der Waals surface area (Å²) < 4.78 is 11.3. The summed E-state index contributed by atoms with van der Waals surface area (Å²) in [5.74, 6) is 1.87. The highest BCUT2D eigenvalue weighted by Crippen LogP contribution is 2.28. The first-order valence-electron chi connectivity index (χ1n) is 7.35. The summed E-state index contributed by atoms with van der Waals surface area (Å²) in [6.45, 7) is 5.70. The lowest BCUT2D eigenvalue weighted by Gasteiger charge is -2.26. The normalized spacial score (nSPS) is 16.6.